The highest BCUT2D eigenvalue weighted by atomic mass is 19.1. The van der Waals surface area contributed by atoms with E-state index in [0.29, 0.717) is 18.7 Å². The van der Waals surface area contributed by atoms with Crippen LogP contribution >= 0.6 is 0 Å². The summed E-state index contributed by atoms with van der Waals surface area (Å²) in [5, 5.41) is 3.42. The Kier molecular flexibility index (Phi) is 5.26. The molecule has 1 atom stereocenters. The minimum absolute atomic E-state index is 0.148. The van der Waals surface area contributed by atoms with Crippen LogP contribution in [0.1, 0.15) is 18.4 Å². The summed E-state index contributed by atoms with van der Waals surface area (Å²) in [6.45, 7) is 1.12. The molecule has 1 N–H and O–H groups in total. The van der Waals surface area contributed by atoms with Crippen LogP contribution in [0.25, 0.3) is 6.08 Å². The van der Waals surface area contributed by atoms with Crippen molar-refractivity contribution in [3.8, 4) is 0 Å². The standard InChI is InChI=1S/C20H21FN2O/c21-19(14-16-8-3-1-4-9-16)20(24)23-13-7-12-18(15-23)22-17-10-5-2-6-11-17/h1-6,8-11,14,18,22H,7,12-13,15H2/b19-14-. The second-order valence-electron chi connectivity index (χ2n) is 6.00. The first-order valence-corrected chi connectivity index (χ1v) is 8.25. The van der Waals surface area contributed by atoms with Crippen molar-refractivity contribution in [1.82, 2.24) is 4.90 Å². The number of rotatable bonds is 4. The summed E-state index contributed by atoms with van der Waals surface area (Å²) in [5.41, 5.74) is 1.72. The van der Waals surface area contributed by atoms with Gasteiger partial charge in [0, 0.05) is 24.8 Å². The van der Waals surface area contributed by atoms with Crippen LogP contribution in [-0.4, -0.2) is 29.9 Å². The van der Waals surface area contributed by atoms with Gasteiger partial charge in [0.2, 0.25) is 0 Å². The molecule has 3 rings (SSSR count). The second-order valence-corrected chi connectivity index (χ2v) is 6.00. The highest BCUT2D eigenvalue weighted by Crippen LogP contribution is 2.19. The molecule has 0 saturated carbocycles. The maximum Gasteiger partial charge on any atom is 0.282 e. The second kappa shape index (κ2) is 7.77. The van der Waals surface area contributed by atoms with Crippen molar-refractivity contribution < 1.29 is 9.18 Å². The molecular formula is C20H21FN2O. The lowest BCUT2D eigenvalue weighted by molar-refractivity contribution is -0.129. The number of nitrogens with one attached hydrogen (secondary N) is 1. The number of para-hydroxylation sites is 1. The number of hydrogen-bond acceptors (Lipinski definition) is 2. The first-order chi connectivity index (χ1) is 11.7. The van der Waals surface area contributed by atoms with Crippen LogP contribution in [0.5, 0.6) is 0 Å². The molecule has 0 aliphatic carbocycles. The van der Waals surface area contributed by atoms with Gasteiger partial charge < -0.3 is 10.2 Å². The number of likely N-dealkylation sites (tertiary alicyclic amines) is 1. The summed E-state index contributed by atoms with van der Waals surface area (Å²) in [5.74, 6) is -1.24. The van der Waals surface area contributed by atoms with Gasteiger partial charge in [0.1, 0.15) is 0 Å². The highest BCUT2D eigenvalue weighted by Gasteiger charge is 2.25. The number of piperidine rings is 1. The van der Waals surface area contributed by atoms with E-state index in [2.05, 4.69) is 5.32 Å². The summed E-state index contributed by atoms with van der Waals surface area (Å²) < 4.78 is 14.3. The van der Waals surface area contributed by atoms with Crippen molar-refractivity contribution in [2.75, 3.05) is 18.4 Å². The van der Waals surface area contributed by atoms with Crippen molar-refractivity contribution in [2.45, 2.75) is 18.9 Å². The van der Waals surface area contributed by atoms with E-state index < -0.39 is 11.7 Å². The number of benzene rings is 2. The van der Waals surface area contributed by atoms with Crippen LogP contribution < -0.4 is 5.32 Å². The van der Waals surface area contributed by atoms with Crippen LogP contribution in [0.15, 0.2) is 66.5 Å². The number of hydrogen-bond donors (Lipinski definition) is 1. The fourth-order valence-corrected chi connectivity index (χ4v) is 2.96. The molecule has 1 unspecified atom stereocenters. The molecule has 0 spiro atoms. The van der Waals surface area contributed by atoms with E-state index in [0.717, 1.165) is 18.5 Å². The van der Waals surface area contributed by atoms with Gasteiger partial charge in [0.05, 0.1) is 0 Å². The summed E-state index contributed by atoms with van der Waals surface area (Å²) in [6, 6.07) is 19.1. The summed E-state index contributed by atoms with van der Waals surface area (Å²) in [4.78, 5) is 14.0. The Morgan fingerprint density at radius 2 is 1.75 bits per heavy atom. The molecule has 1 saturated heterocycles. The predicted octanol–water partition coefficient (Wildman–Crippen LogP) is 4.10. The first-order valence-electron chi connectivity index (χ1n) is 8.25. The van der Waals surface area contributed by atoms with Gasteiger partial charge in [-0.05, 0) is 36.6 Å². The lowest BCUT2D eigenvalue weighted by Gasteiger charge is -2.33. The molecule has 0 radical (unpaired) electrons. The maximum atomic E-state index is 14.3. The largest absolute Gasteiger partial charge is 0.381 e. The van der Waals surface area contributed by atoms with Gasteiger partial charge in [-0.15, -0.1) is 0 Å². The van der Waals surface area contributed by atoms with Crippen molar-refractivity contribution in [1.29, 1.82) is 0 Å². The van der Waals surface area contributed by atoms with Gasteiger partial charge >= 0.3 is 0 Å². The molecule has 0 bridgehead atoms. The van der Waals surface area contributed by atoms with E-state index in [1.165, 1.54) is 6.08 Å². The van der Waals surface area contributed by atoms with E-state index in [1.54, 1.807) is 17.0 Å². The molecule has 1 amide bonds. The SMILES string of the molecule is O=C(/C(F)=C/c1ccccc1)N1CCCC(Nc2ccccc2)C1. The average Bonchev–Trinajstić information content (AvgIpc) is 2.63. The van der Waals surface area contributed by atoms with E-state index >= 15 is 0 Å². The van der Waals surface area contributed by atoms with Crippen LogP contribution in [0.4, 0.5) is 10.1 Å². The monoisotopic (exact) mass is 324 g/mol. The molecule has 1 aliphatic heterocycles. The van der Waals surface area contributed by atoms with Crippen LogP contribution in [-0.2, 0) is 4.79 Å². The van der Waals surface area contributed by atoms with Crippen LogP contribution in [0.3, 0.4) is 0 Å². The Balaban J connectivity index is 1.63. The zero-order valence-corrected chi connectivity index (χ0v) is 13.5. The van der Waals surface area contributed by atoms with Crippen molar-refractivity contribution in [3.63, 3.8) is 0 Å². The quantitative estimate of drug-likeness (QED) is 0.859. The van der Waals surface area contributed by atoms with E-state index in [-0.39, 0.29) is 6.04 Å². The Bertz CT molecular complexity index is 700. The molecule has 24 heavy (non-hydrogen) atoms. The lowest BCUT2D eigenvalue weighted by Crippen LogP contribution is -2.45. The highest BCUT2D eigenvalue weighted by molar-refractivity contribution is 5.95. The molecule has 1 aliphatic rings. The molecule has 2 aromatic rings. The van der Waals surface area contributed by atoms with Crippen molar-refractivity contribution in [3.05, 3.63) is 72.1 Å². The predicted molar refractivity (Wildman–Crippen MR) is 95.2 cm³/mol. The Morgan fingerprint density at radius 1 is 1.08 bits per heavy atom. The van der Waals surface area contributed by atoms with E-state index in [9.17, 15) is 9.18 Å². The van der Waals surface area contributed by atoms with Gasteiger partial charge in [0.15, 0.2) is 5.83 Å². The van der Waals surface area contributed by atoms with Gasteiger partial charge in [-0.1, -0.05) is 48.5 Å². The number of carbonyl (C=O) groups is 1. The van der Waals surface area contributed by atoms with E-state index in [1.807, 2.05) is 48.5 Å². The maximum absolute atomic E-state index is 14.3. The third kappa shape index (κ3) is 4.22. The molecule has 2 aromatic carbocycles. The van der Waals surface area contributed by atoms with Crippen LogP contribution in [0.2, 0.25) is 0 Å². The van der Waals surface area contributed by atoms with Crippen molar-refractivity contribution >= 4 is 17.7 Å². The molecular weight excluding hydrogens is 303 g/mol. The summed E-state index contributed by atoms with van der Waals surface area (Å²) in [6.07, 6.45) is 3.15. The molecule has 124 valence electrons. The summed E-state index contributed by atoms with van der Waals surface area (Å²) >= 11 is 0. The normalized spacial score (nSPS) is 18.3. The minimum Gasteiger partial charge on any atom is -0.381 e. The van der Waals surface area contributed by atoms with Crippen molar-refractivity contribution in [2.24, 2.45) is 0 Å². The average molecular weight is 324 g/mol. The smallest absolute Gasteiger partial charge is 0.282 e. The lowest BCUT2D eigenvalue weighted by atomic mass is 10.0. The number of anilines is 1. The van der Waals surface area contributed by atoms with Crippen LogP contribution in [0, 0.1) is 0 Å². The Hall–Kier alpha value is -2.62. The Morgan fingerprint density at radius 3 is 2.46 bits per heavy atom. The zero-order chi connectivity index (χ0) is 16.8. The number of amides is 1. The zero-order valence-electron chi connectivity index (χ0n) is 13.5. The third-order valence-electron chi connectivity index (χ3n) is 4.15. The Labute approximate surface area is 141 Å². The van der Waals surface area contributed by atoms with Gasteiger partial charge in [-0.3, -0.25) is 4.79 Å². The molecule has 4 heteroatoms. The van der Waals surface area contributed by atoms with E-state index in [4.69, 9.17) is 0 Å². The topological polar surface area (TPSA) is 32.3 Å². The molecule has 1 fully saturated rings. The fourth-order valence-electron chi connectivity index (χ4n) is 2.96. The minimum atomic E-state index is -0.707. The fraction of sp³-hybridized carbons (Fsp3) is 0.250. The number of halogens is 1. The van der Waals surface area contributed by atoms with Gasteiger partial charge in [0.25, 0.3) is 5.91 Å². The molecule has 0 aromatic heterocycles. The number of nitrogens with zero attached hydrogens (tertiary/aromatic N) is 1. The molecule has 1 heterocycles. The molecule has 3 nitrogen and oxygen atoms in total. The number of carbonyl (C=O) groups excluding carboxylic acids is 1. The summed E-state index contributed by atoms with van der Waals surface area (Å²) in [7, 11) is 0. The first kappa shape index (κ1) is 16.2. The third-order valence-corrected chi connectivity index (χ3v) is 4.15. The van der Waals surface area contributed by atoms with Gasteiger partial charge in [-0.25, -0.2) is 4.39 Å². The van der Waals surface area contributed by atoms with Gasteiger partial charge in [-0.2, -0.15) is 0 Å².